The first kappa shape index (κ1) is 14.7. The predicted octanol–water partition coefficient (Wildman–Crippen LogP) is 3.41. The second kappa shape index (κ2) is 7.17. The molecule has 4 nitrogen and oxygen atoms in total. The maximum absolute atomic E-state index is 4.39. The Morgan fingerprint density at radius 2 is 2.32 bits per heavy atom. The molecule has 0 saturated carbocycles. The fraction of sp³-hybridized carbons (Fsp3) is 0.538. The molecule has 1 atom stereocenters. The molecule has 2 heterocycles. The third-order valence-electron chi connectivity index (χ3n) is 2.96. The number of rotatable bonds is 7. The number of thiophene rings is 1. The summed E-state index contributed by atoms with van der Waals surface area (Å²) in [6.45, 7) is 6.16. The van der Waals surface area contributed by atoms with Gasteiger partial charge in [0.05, 0.1) is 3.79 Å². The van der Waals surface area contributed by atoms with Crippen LogP contribution in [0.2, 0.25) is 0 Å². The van der Waals surface area contributed by atoms with Crippen LogP contribution < -0.4 is 5.32 Å². The molecule has 2 aromatic heterocycles. The van der Waals surface area contributed by atoms with E-state index in [1.165, 1.54) is 9.35 Å². The maximum Gasteiger partial charge on any atom is 0.138 e. The molecule has 104 valence electrons. The molecule has 0 bridgehead atoms. The van der Waals surface area contributed by atoms with Gasteiger partial charge in [0.2, 0.25) is 0 Å². The van der Waals surface area contributed by atoms with Crippen LogP contribution in [0.15, 0.2) is 21.6 Å². The molecule has 0 spiro atoms. The molecule has 0 radical (unpaired) electrons. The molecule has 1 N–H and O–H groups in total. The molecule has 19 heavy (non-hydrogen) atoms. The lowest BCUT2D eigenvalue weighted by atomic mass is 10.1. The van der Waals surface area contributed by atoms with Crippen LogP contribution in [0.5, 0.6) is 0 Å². The standard InChI is InChI=1S/C13H19BrN4S/c1-3-5-18-13(16-9-17-18)7-11(15-4-2)10-6-12(14)19-8-10/h6,8-9,11,15H,3-5,7H2,1-2H3. The molecule has 0 amide bonds. The zero-order valence-corrected chi connectivity index (χ0v) is 13.7. The van der Waals surface area contributed by atoms with E-state index in [1.54, 1.807) is 17.7 Å². The Hall–Kier alpha value is -0.720. The Labute approximate surface area is 126 Å². The minimum atomic E-state index is 0.298. The van der Waals surface area contributed by atoms with Gasteiger partial charge >= 0.3 is 0 Å². The van der Waals surface area contributed by atoms with Crippen molar-refractivity contribution >= 4 is 27.3 Å². The topological polar surface area (TPSA) is 42.7 Å². The van der Waals surface area contributed by atoms with Crippen molar-refractivity contribution in [1.29, 1.82) is 0 Å². The third kappa shape index (κ3) is 3.87. The van der Waals surface area contributed by atoms with Crippen LogP contribution in [0.1, 0.15) is 37.7 Å². The molecule has 0 aliphatic heterocycles. The third-order valence-corrected chi connectivity index (χ3v) is 4.48. The fourth-order valence-electron chi connectivity index (χ4n) is 2.09. The largest absolute Gasteiger partial charge is 0.310 e. The van der Waals surface area contributed by atoms with E-state index in [2.05, 4.69) is 56.6 Å². The van der Waals surface area contributed by atoms with E-state index in [4.69, 9.17) is 0 Å². The van der Waals surface area contributed by atoms with Crippen LogP contribution in [0.25, 0.3) is 0 Å². The number of aromatic nitrogens is 3. The quantitative estimate of drug-likeness (QED) is 0.838. The molecule has 0 aliphatic rings. The van der Waals surface area contributed by atoms with Crippen LogP contribution in [0.3, 0.4) is 0 Å². The molecule has 0 saturated heterocycles. The highest BCUT2D eigenvalue weighted by molar-refractivity contribution is 9.11. The van der Waals surface area contributed by atoms with E-state index in [1.807, 2.05) is 4.68 Å². The molecule has 2 rings (SSSR count). The van der Waals surface area contributed by atoms with Gasteiger partial charge < -0.3 is 5.32 Å². The van der Waals surface area contributed by atoms with Gasteiger partial charge in [0.15, 0.2) is 0 Å². The predicted molar refractivity (Wildman–Crippen MR) is 82.5 cm³/mol. The average Bonchev–Trinajstić information content (AvgIpc) is 2.99. The van der Waals surface area contributed by atoms with E-state index < -0.39 is 0 Å². The lowest BCUT2D eigenvalue weighted by molar-refractivity contribution is 0.499. The van der Waals surface area contributed by atoms with E-state index >= 15 is 0 Å². The van der Waals surface area contributed by atoms with Crippen molar-refractivity contribution in [2.45, 2.75) is 39.3 Å². The Morgan fingerprint density at radius 3 is 2.95 bits per heavy atom. The molecular weight excluding hydrogens is 324 g/mol. The van der Waals surface area contributed by atoms with Crippen molar-refractivity contribution in [3.8, 4) is 0 Å². The molecular formula is C13H19BrN4S. The van der Waals surface area contributed by atoms with Crippen LogP contribution in [-0.4, -0.2) is 21.3 Å². The fourth-order valence-corrected chi connectivity index (χ4v) is 3.32. The first-order valence-electron chi connectivity index (χ1n) is 6.58. The van der Waals surface area contributed by atoms with Gasteiger partial charge in [-0.25, -0.2) is 4.98 Å². The van der Waals surface area contributed by atoms with E-state index in [0.717, 1.165) is 31.8 Å². The van der Waals surface area contributed by atoms with Crippen LogP contribution in [0, 0.1) is 0 Å². The lowest BCUT2D eigenvalue weighted by Gasteiger charge is -2.16. The molecule has 2 aromatic rings. The summed E-state index contributed by atoms with van der Waals surface area (Å²) in [4.78, 5) is 4.39. The van der Waals surface area contributed by atoms with E-state index in [9.17, 15) is 0 Å². The molecule has 0 aromatic carbocycles. The first-order valence-corrected chi connectivity index (χ1v) is 8.25. The number of hydrogen-bond acceptors (Lipinski definition) is 4. The van der Waals surface area contributed by atoms with Crippen molar-refractivity contribution in [2.75, 3.05) is 6.54 Å². The van der Waals surface area contributed by atoms with Gasteiger partial charge in [-0.3, -0.25) is 4.68 Å². The van der Waals surface area contributed by atoms with Gasteiger partial charge in [-0.1, -0.05) is 13.8 Å². The van der Waals surface area contributed by atoms with Crippen molar-refractivity contribution in [3.63, 3.8) is 0 Å². The molecule has 6 heteroatoms. The number of halogens is 1. The summed E-state index contributed by atoms with van der Waals surface area (Å²) < 4.78 is 3.17. The van der Waals surface area contributed by atoms with Crippen molar-refractivity contribution < 1.29 is 0 Å². The summed E-state index contributed by atoms with van der Waals surface area (Å²) in [6, 6.07) is 2.48. The number of hydrogen-bond donors (Lipinski definition) is 1. The minimum absolute atomic E-state index is 0.298. The highest BCUT2D eigenvalue weighted by atomic mass is 79.9. The first-order chi connectivity index (χ1) is 9.24. The number of aryl methyl sites for hydroxylation is 1. The van der Waals surface area contributed by atoms with Gasteiger partial charge in [-0.15, -0.1) is 11.3 Å². The second-order valence-corrected chi connectivity index (χ2v) is 6.69. The number of likely N-dealkylation sites (N-methyl/N-ethyl adjacent to an activating group) is 1. The average molecular weight is 343 g/mol. The Kier molecular flexibility index (Phi) is 5.54. The minimum Gasteiger partial charge on any atom is -0.310 e. The second-order valence-electron chi connectivity index (χ2n) is 4.40. The SMILES string of the molecule is CCCn1ncnc1CC(NCC)c1csc(Br)c1. The summed E-state index contributed by atoms with van der Waals surface area (Å²) in [7, 11) is 0. The zero-order chi connectivity index (χ0) is 13.7. The zero-order valence-electron chi connectivity index (χ0n) is 11.3. The van der Waals surface area contributed by atoms with Crippen LogP contribution in [0.4, 0.5) is 0 Å². The van der Waals surface area contributed by atoms with Crippen LogP contribution >= 0.6 is 27.3 Å². The monoisotopic (exact) mass is 342 g/mol. The summed E-state index contributed by atoms with van der Waals surface area (Å²) in [5, 5.41) is 10.0. The normalized spacial score (nSPS) is 12.8. The van der Waals surface area contributed by atoms with Crippen molar-refractivity contribution in [2.24, 2.45) is 0 Å². The summed E-state index contributed by atoms with van der Waals surface area (Å²) in [6.07, 6.45) is 3.60. The van der Waals surface area contributed by atoms with Gasteiger partial charge in [-0.05, 0) is 45.9 Å². The van der Waals surface area contributed by atoms with E-state index in [-0.39, 0.29) is 0 Å². The molecule has 0 aliphatic carbocycles. The van der Waals surface area contributed by atoms with Gasteiger partial charge in [0.25, 0.3) is 0 Å². The highest BCUT2D eigenvalue weighted by Gasteiger charge is 2.16. The molecule has 0 fully saturated rings. The summed E-state index contributed by atoms with van der Waals surface area (Å²) in [5.74, 6) is 1.05. The highest BCUT2D eigenvalue weighted by Crippen LogP contribution is 2.27. The number of nitrogens with zero attached hydrogens (tertiary/aromatic N) is 3. The van der Waals surface area contributed by atoms with E-state index in [0.29, 0.717) is 6.04 Å². The molecule has 1 unspecified atom stereocenters. The van der Waals surface area contributed by atoms with Gasteiger partial charge in [0.1, 0.15) is 12.2 Å². The van der Waals surface area contributed by atoms with Crippen LogP contribution in [-0.2, 0) is 13.0 Å². The van der Waals surface area contributed by atoms with Gasteiger partial charge in [-0.2, -0.15) is 5.10 Å². The Bertz CT molecular complexity index is 508. The van der Waals surface area contributed by atoms with Gasteiger partial charge in [0, 0.05) is 19.0 Å². The number of nitrogens with one attached hydrogen (secondary N) is 1. The summed E-state index contributed by atoms with van der Waals surface area (Å²) >= 11 is 5.25. The smallest absolute Gasteiger partial charge is 0.138 e. The van der Waals surface area contributed by atoms with Crippen molar-refractivity contribution in [1.82, 2.24) is 20.1 Å². The van der Waals surface area contributed by atoms with Crippen molar-refractivity contribution in [3.05, 3.63) is 32.9 Å². The summed E-state index contributed by atoms with van der Waals surface area (Å²) in [5.41, 5.74) is 1.31. The maximum atomic E-state index is 4.39. The lowest BCUT2D eigenvalue weighted by Crippen LogP contribution is -2.24. The Morgan fingerprint density at radius 1 is 1.47 bits per heavy atom. The Balaban J connectivity index is 2.14.